The maximum Gasteiger partial charge on any atom is 0.266 e. The lowest BCUT2D eigenvalue weighted by atomic mass is 10.1. The van der Waals surface area contributed by atoms with Gasteiger partial charge in [0.05, 0.1) is 0 Å². The molecule has 0 saturated carbocycles. The summed E-state index contributed by atoms with van der Waals surface area (Å²) < 4.78 is 18.7. The van der Waals surface area contributed by atoms with Crippen LogP contribution in [-0.4, -0.2) is 23.5 Å². The van der Waals surface area contributed by atoms with Crippen LogP contribution in [0.2, 0.25) is 5.02 Å². The van der Waals surface area contributed by atoms with Gasteiger partial charge in [-0.15, -0.1) is 0 Å². The molecule has 0 aliphatic rings. The van der Waals surface area contributed by atoms with E-state index in [2.05, 4.69) is 0 Å². The van der Waals surface area contributed by atoms with E-state index in [-0.39, 0.29) is 11.7 Å². The number of rotatable bonds is 5. The van der Waals surface area contributed by atoms with E-state index in [1.807, 2.05) is 0 Å². The van der Waals surface area contributed by atoms with Gasteiger partial charge in [-0.25, -0.2) is 4.39 Å². The summed E-state index contributed by atoms with van der Waals surface area (Å²) in [4.78, 5) is 14.2. The fourth-order valence-electron chi connectivity index (χ4n) is 2.24. The first-order valence-electron chi connectivity index (χ1n) is 7.22. The van der Waals surface area contributed by atoms with Crippen LogP contribution in [0.3, 0.4) is 0 Å². The summed E-state index contributed by atoms with van der Waals surface area (Å²) in [5.41, 5.74) is -0.174. The standard InChI is InChI=1S/C18H19ClFNO2/c1-18(2,23-16-10-6-14(19)7-11-16)17(22)21(3)12-13-4-8-15(20)9-5-13/h4-11H,12H2,1-3H3. The first-order valence-corrected chi connectivity index (χ1v) is 7.60. The lowest BCUT2D eigenvalue weighted by molar-refractivity contribution is -0.144. The molecule has 0 radical (unpaired) electrons. The van der Waals surface area contributed by atoms with Crippen LogP contribution in [0.25, 0.3) is 0 Å². The van der Waals surface area contributed by atoms with E-state index in [1.54, 1.807) is 62.2 Å². The van der Waals surface area contributed by atoms with Crippen LogP contribution in [0.4, 0.5) is 4.39 Å². The number of ether oxygens (including phenoxy) is 1. The number of hydrogen-bond acceptors (Lipinski definition) is 2. The number of hydrogen-bond donors (Lipinski definition) is 0. The average molecular weight is 336 g/mol. The average Bonchev–Trinajstić information content (AvgIpc) is 2.51. The number of carbonyl (C=O) groups excluding carboxylic acids is 1. The monoisotopic (exact) mass is 335 g/mol. The highest BCUT2D eigenvalue weighted by atomic mass is 35.5. The molecule has 0 aliphatic carbocycles. The molecule has 0 aromatic heterocycles. The Labute approximate surface area is 140 Å². The fraction of sp³-hybridized carbons (Fsp3) is 0.278. The van der Waals surface area contributed by atoms with E-state index >= 15 is 0 Å². The van der Waals surface area contributed by atoms with Crippen LogP contribution in [0.15, 0.2) is 48.5 Å². The SMILES string of the molecule is CN(Cc1ccc(F)cc1)C(=O)C(C)(C)Oc1ccc(Cl)cc1. The molecule has 2 rings (SSSR count). The van der Waals surface area contributed by atoms with Crippen molar-refractivity contribution in [1.29, 1.82) is 0 Å². The van der Waals surface area contributed by atoms with E-state index in [4.69, 9.17) is 16.3 Å². The van der Waals surface area contributed by atoms with Gasteiger partial charge in [-0.05, 0) is 55.8 Å². The van der Waals surface area contributed by atoms with Crippen LogP contribution < -0.4 is 4.74 Å². The van der Waals surface area contributed by atoms with Crippen LogP contribution >= 0.6 is 11.6 Å². The highest BCUT2D eigenvalue weighted by Gasteiger charge is 2.32. The van der Waals surface area contributed by atoms with Crippen molar-refractivity contribution in [3.8, 4) is 5.75 Å². The van der Waals surface area contributed by atoms with Gasteiger partial charge in [0.1, 0.15) is 11.6 Å². The molecule has 1 amide bonds. The van der Waals surface area contributed by atoms with Gasteiger partial charge in [0, 0.05) is 18.6 Å². The summed E-state index contributed by atoms with van der Waals surface area (Å²) in [5, 5.41) is 0.606. The van der Waals surface area contributed by atoms with Gasteiger partial charge in [0.15, 0.2) is 5.60 Å². The second kappa shape index (κ2) is 7.01. The predicted molar refractivity (Wildman–Crippen MR) is 89.0 cm³/mol. The number of benzene rings is 2. The number of likely N-dealkylation sites (N-methyl/N-ethyl adjacent to an activating group) is 1. The molecule has 0 saturated heterocycles. The summed E-state index contributed by atoms with van der Waals surface area (Å²) in [7, 11) is 1.69. The Kier molecular flexibility index (Phi) is 5.26. The Morgan fingerprint density at radius 3 is 2.26 bits per heavy atom. The molecule has 0 spiro atoms. The zero-order valence-electron chi connectivity index (χ0n) is 13.3. The van der Waals surface area contributed by atoms with Gasteiger partial charge < -0.3 is 9.64 Å². The number of halogens is 2. The number of amides is 1. The number of carbonyl (C=O) groups is 1. The van der Waals surface area contributed by atoms with Crippen LogP contribution in [0, 0.1) is 5.82 Å². The first-order chi connectivity index (χ1) is 10.8. The van der Waals surface area contributed by atoms with Crippen molar-refractivity contribution in [2.24, 2.45) is 0 Å². The van der Waals surface area contributed by atoms with E-state index in [0.717, 1.165) is 5.56 Å². The van der Waals surface area contributed by atoms with Crippen molar-refractivity contribution in [3.63, 3.8) is 0 Å². The van der Waals surface area contributed by atoms with Crippen molar-refractivity contribution >= 4 is 17.5 Å². The van der Waals surface area contributed by atoms with E-state index in [0.29, 0.717) is 17.3 Å². The first kappa shape index (κ1) is 17.3. The van der Waals surface area contributed by atoms with E-state index in [1.165, 1.54) is 12.1 Å². The third-order valence-electron chi connectivity index (χ3n) is 3.38. The Morgan fingerprint density at radius 1 is 1.13 bits per heavy atom. The minimum absolute atomic E-state index is 0.170. The Hall–Kier alpha value is -2.07. The summed E-state index contributed by atoms with van der Waals surface area (Å²) in [5.74, 6) is 0.105. The quantitative estimate of drug-likeness (QED) is 0.815. The summed E-state index contributed by atoms with van der Waals surface area (Å²) in [6, 6.07) is 12.9. The smallest absolute Gasteiger partial charge is 0.266 e. The maximum absolute atomic E-state index is 12.9. The molecule has 23 heavy (non-hydrogen) atoms. The molecule has 0 atom stereocenters. The number of nitrogens with zero attached hydrogens (tertiary/aromatic N) is 1. The summed E-state index contributed by atoms with van der Waals surface area (Å²) >= 11 is 5.84. The lowest BCUT2D eigenvalue weighted by Crippen LogP contribution is -2.47. The minimum Gasteiger partial charge on any atom is -0.478 e. The summed E-state index contributed by atoms with van der Waals surface area (Å²) in [6.07, 6.45) is 0. The van der Waals surface area contributed by atoms with Gasteiger partial charge in [-0.3, -0.25) is 4.79 Å². The molecule has 0 bridgehead atoms. The van der Waals surface area contributed by atoms with Crippen molar-refractivity contribution in [2.45, 2.75) is 26.0 Å². The summed E-state index contributed by atoms with van der Waals surface area (Å²) in [6.45, 7) is 3.81. The molecule has 3 nitrogen and oxygen atoms in total. The second-order valence-electron chi connectivity index (χ2n) is 5.85. The highest BCUT2D eigenvalue weighted by molar-refractivity contribution is 6.30. The maximum atomic E-state index is 12.9. The lowest BCUT2D eigenvalue weighted by Gasteiger charge is -2.30. The largest absolute Gasteiger partial charge is 0.478 e. The van der Waals surface area contributed by atoms with E-state index < -0.39 is 5.60 Å². The molecular weight excluding hydrogens is 317 g/mol. The molecule has 0 fully saturated rings. The molecule has 0 N–H and O–H groups in total. The van der Waals surface area contributed by atoms with Crippen LogP contribution in [0.1, 0.15) is 19.4 Å². The minimum atomic E-state index is -1.03. The van der Waals surface area contributed by atoms with Crippen molar-refractivity contribution in [1.82, 2.24) is 4.90 Å². The van der Waals surface area contributed by atoms with Crippen molar-refractivity contribution in [3.05, 3.63) is 64.9 Å². The zero-order chi connectivity index (χ0) is 17.0. The molecule has 122 valence electrons. The van der Waals surface area contributed by atoms with Crippen molar-refractivity contribution in [2.75, 3.05) is 7.05 Å². The zero-order valence-corrected chi connectivity index (χ0v) is 14.1. The van der Waals surface area contributed by atoms with Gasteiger partial charge in [0.25, 0.3) is 5.91 Å². The molecule has 2 aromatic carbocycles. The normalized spacial score (nSPS) is 11.2. The van der Waals surface area contributed by atoms with Gasteiger partial charge in [-0.2, -0.15) is 0 Å². The molecule has 0 heterocycles. The van der Waals surface area contributed by atoms with Crippen molar-refractivity contribution < 1.29 is 13.9 Å². The molecular formula is C18H19ClFNO2. The van der Waals surface area contributed by atoms with Gasteiger partial charge in [0.2, 0.25) is 0 Å². The second-order valence-corrected chi connectivity index (χ2v) is 6.29. The van der Waals surface area contributed by atoms with E-state index in [9.17, 15) is 9.18 Å². The topological polar surface area (TPSA) is 29.5 Å². The third-order valence-corrected chi connectivity index (χ3v) is 3.63. The third kappa shape index (κ3) is 4.70. The highest BCUT2D eigenvalue weighted by Crippen LogP contribution is 2.22. The van der Waals surface area contributed by atoms with Gasteiger partial charge >= 0.3 is 0 Å². The Bertz CT molecular complexity index is 668. The fourth-order valence-corrected chi connectivity index (χ4v) is 2.36. The molecule has 0 aliphatic heterocycles. The molecule has 5 heteroatoms. The van der Waals surface area contributed by atoms with Gasteiger partial charge in [-0.1, -0.05) is 23.7 Å². The van der Waals surface area contributed by atoms with Crippen LogP contribution in [-0.2, 0) is 11.3 Å². The molecule has 0 unspecified atom stereocenters. The Morgan fingerprint density at radius 2 is 1.70 bits per heavy atom. The molecule has 2 aromatic rings. The Balaban J connectivity index is 2.04. The predicted octanol–water partition coefficient (Wildman–Crippen LogP) is 4.30. The van der Waals surface area contributed by atoms with Crippen LogP contribution in [0.5, 0.6) is 5.75 Å².